The van der Waals surface area contributed by atoms with Crippen molar-refractivity contribution in [3.8, 4) is 16.8 Å². The number of hydrogen-bond acceptors (Lipinski definition) is 4. The van der Waals surface area contributed by atoms with Gasteiger partial charge in [0.05, 0.1) is 12.4 Å². The lowest BCUT2D eigenvalue weighted by Gasteiger charge is -1.98. The van der Waals surface area contributed by atoms with E-state index in [0.29, 0.717) is 0 Å². The summed E-state index contributed by atoms with van der Waals surface area (Å²) in [7, 11) is 0. The average Bonchev–Trinajstić information content (AvgIpc) is 3.17. The van der Waals surface area contributed by atoms with E-state index >= 15 is 0 Å². The molecular formula is C13H8IN5S. The minimum Gasteiger partial charge on any atom is -0.235 e. The molecule has 0 saturated heterocycles. The van der Waals surface area contributed by atoms with Crippen molar-refractivity contribution in [2.75, 3.05) is 0 Å². The van der Waals surface area contributed by atoms with Gasteiger partial charge in [0.2, 0.25) is 0 Å². The molecule has 0 aromatic carbocycles. The fourth-order valence-corrected chi connectivity index (χ4v) is 3.08. The Labute approximate surface area is 132 Å². The standard InChI is InChI=1S/C13H8IN5S/c14-12-1-3-18-13(17-12)11(6-16-18)19-7-10(5-15-19)9-2-4-20-8-9/h1-8H. The molecule has 0 spiro atoms. The second-order valence-corrected chi connectivity index (χ2v) is 6.12. The Morgan fingerprint density at radius 2 is 2.05 bits per heavy atom. The monoisotopic (exact) mass is 393 g/mol. The van der Waals surface area contributed by atoms with E-state index in [-0.39, 0.29) is 0 Å². The third-order valence-electron chi connectivity index (χ3n) is 3.00. The summed E-state index contributed by atoms with van der Waals surface area (Å²) in [6.45, 7) is 0. The normalized spacial score (nSPS) is 11.2. The van der Waals surface area contributed by atoms with Gasteiger partial charge in [-0.1, -0.05) is 0 Å². The van der Waals surface area contributed by atoms with Gasteiger partial charge in [-0.15, -0.1) is 0 Å². The predicted octanol–water partition coefficient (Wildman–Crippen LogP) is 3.25. The Morgan fingerprint density at radius 3 is 2.90 bits per heavy atom. The van der Waals surface area contributed by atoms with Crippen molar-refractivity contribution in [2.24, 2.45) is 0 Å². The van der Waals surface area contributed by atoms with Crippen LogP contribution in [0, 0.1) is 3.70 Å². The molecule has 4 aromatic rings. The van der Waals surface area contributed by atoms with Crippen molar-refractivity contribution in [3.05, 3.63) is 51.4 Å². The Kier molecular flexibility index (Phi) is 2.81. The fourth-order valence-electron chi connectivity index (χ4n) is 2.03. The van der Waals surface area contributed by atoms with Gasteiger partial charge < -0.3 is 0 Å². The van der Waals surface area contributed by atoms with Crippen LogP contribution in [0.3, 0.4) is 0 Å². The van der Waals surface area contributed by atoms with Crippen molar-refractivity contribution in [2.45, 2.75) is 0 Å². The Bertz CT molecular complexity index is 877. The third-order valence-corrected chi connectivity index (χ3v) is 4.28. The lowest BCUT2D eigenvalue weighted by Crippen LogP contribution is -1.96. The van der Waals surface area contributed by atoms with Gasteiger partial charge in [-0.25, -0.2) is 14.2 Å². The Morgan fingerprint density at radius 1 is 1.10 bits per heavy atom. The SMILES string of the molecule is Ic1ccn2ncc(-n3cc(-c4ccsc4)cn3)c2n1. The first-order valence-corrected chi connectivity index (χ1v) is 7.91. The van der Waals surface area contributed by atoms with E-state index in [1.54, 1.807) is 22.0 Å². The molecule has 0 unspecified atom stereocenters. The van der Waals surface area contributed by atoms with Crippen molar-refractivity contribution < 1.29 is 0 Å². The smallest absolute Gasteiger partial charge is 0.182 e. The number of rotatable bonds is 2. The molecule has 7 heteroatoms. The van der Waals surface area contributed by atoms with Gasteiger partial charge in [-0.3, -0.25) is 0 Å². The molecule has 20 heavy (non-hydrogen) atoms. The highest BCUT2D eigenvalue weighted by Crippen LogP contribution is 2.23. The van der Waals surface area contributed by atoms with Crippen LogP contribution in [0.2, 0.25) is 0 Å². The largest absolute Gasteiger partial charge is 0.235 e. The maximum absolute atomic E-state index is 4.51. The number of fused-ring (bicyclic) bond motifs is 1. The van der Waals surface area contributed by atoms with Crippen molar-refractivity contribution >= 4 is 39.6 Å². The van der Waals surface area contributed by atoms with Crippen LogP contribution >= 0.6 is 33.9 Å². The molecule has 0 bridgehead atoms. The van der Waals surface area contributed by atoms with E-state index in [4.69, 9.17) is 0 Å². The van der Waals surface area contributed by atoms with Gasteiger partial charge in [-0.05, 0) is 51.0 Å². The summed E-state index contributed by atoms with van der Waals surface area (Å²) < 4.78 is 4.50. The number of nitrogens with zero attached hydrogens (tertiary/aromatic N) is 5. The van der Waals surface area contributed by atoms with E-state index in [1.807, 2.05) is 29.3 Å². The first kappa shape index (κ1) is 12.0. The minimum atomic E-state index is 0.803. The lowest BCUT2D eigenvalue weighted by atomic mass is 10.2. The van der Waals surface area contributed by atoms with E-state index in [9.17, 15) is 0 Å². The highest BCUT2D eigenvalue weighted by atomic mass is 127. The maximum Gasteiger partial charge on any atom is 0.182 e. The highest BCUT2D eigenvalue weighted by molar-refractivity contribution is 14.1. The van der Waals surface area contributed by atoms with Crippen molar-refractivity contribution in [1.29, 1.82) is 0 Å². The summed E-state index contributed by atoms with van der Waals surface area (Å²) in [5, 5.41) is 12.9. The third kappa shape index (κ3) is 1.93. The summed E-state index contributed by atoms with van der Waals surface area (Å²) in [6, 6.07) is 4.01. The minimum absolute atomic E-state index is 0.803. The Hall–Kier alpha value is -1.74. The van der Waals surface area contributed by atoms with E-state index in [2.05, 4.69) is 54.6 Å². The van der Waals surface area contributed by atoms with Crippen LogP contribution in [0.15, 0.2) is 47.7 Å². The first-order valence-electron chi connectivity index (χ1n) is 5.89. The topological polar surface area (TPSA) is 48.0 Å². The van der Waals surface area contributed by atoms with E-state index in [0.717, 1.165) is 20.6 Å². The first-order chi connectivity index (χ1) is 9.81. The molecule has 5 nitrogen and oxygen atoms in total. The van der Waals surface area contributed by atoms with Crippen LogP contribution in [0.5, 0.6) is 0 Å². The average molecular weight is 393 g/mol. The van der Waals surface area contributed by atoms with Crippen LogP contribution in [0.25, 0.3) is 22.5 Å². The molecule has 0 amide bonds. The molecule has 0 aliphatic rings. The lowest BCUT2D eigenvalue weighted by molar-refractivity contribution is 0.883. The molecule has 98 valence electrons. The van der Waals surface area contributed by atoms with Gasteiger partial charge in [0.15, 0.2) is 5.65 Å². The molecule has 0 atom stereocenters. The molecule has 0 aliphatic heterocycles. The quantitative estimate of drug-likeness (QED) is 0.388. The van der Waals surface area contributed by atoms with Crippen molar-refractivity contribution in [1.82, 2.24) is 24.4 Å². The van der Waals surface area contributed by atoms with Crippen LogP contribution in [0.4, 0.5) is 0 Å². The molecule has 0 fully saturated rings. The summed E-state index contributed by atoms with van der Waals surface area (Å²) in [5.74, 6) is 0. The molecule has 0 radical (unpaired) electrons. The zero-order chi connectivity index (χ0) is 13.5. The molecule has 4 aromatic heterocycles. The van der Waals surface area contributed by atoms with Gasteiger partial charge in [0.1, 0.15) is 9.39 Å². The zero-order valence-corrected chi connectivity index (χ0v) is 13.1. The van der Waals surface area contributed by atoms with Gasteiger partial charge in [-0.2, -0.15) is 21.5 Å². The van der Waals surface area contributed by atoms with Gasteiger partial charge >= 0.3 is 0 Å². The zero-order valence-electron chi connectivity index (χ0n) is 10.1. The summed E-state index contributed by atoms with van der Waals surface area (Å²) >= 11 is 3.87. The second kappa shape index (κ2) is 4.67. The molecule has 0 aliphatic carbocycles. The van der Waals surface area contributed by atoms with Crippen molar-refractivity contribution in [3.63, 3.8) is 0 Å². The molecule has 4 heterocycles. The maximum atomic E-state index is 4.51. The van der Waals surface area contributed by atoms with Crippen LogP contribution in [-0.2, 0) is 0 Å². The molecular weight excluding hydrogens is 385 g/mol. The number of halogens is 1. The Balaban J connectivity index is 1.85. The van der Waals surface area contributed by atoms with Crippen LogP contribution in [-0.4, -0.2) is 24.4 Å². The van der Waals surface area contributed by atoms with Crippen LogP contribution in [0.1, 0.15) is 0 Å². The van der Waals surface area contributed by atoms with E-state index < -0.39 is 0 Å². The molecule has 0 saturated carbocycles. The number of aromatic nitrogens is 5. The number of hydrogen-bond donors (Lipinski definition) is 0. The van der Waals surface area contributed by atoms with E-state index in [1.165, 1.54) is 5.56 Å². The molecule has 4 rings (SSSR count). The fraction of sp³-hybridized carbons (Fsp3) is 0. The molecule has 0 N–H and O–H groups in total. The summed E-state index contributed by atoms with van der Waals surface area (Å²) in [6.07, 6.45) is 7.54. The van der Waals surface area contributed by atoms with Crippen LogP contribution < -0.4 is 0 Å². The summed E-state index contributed by atoms with van der Waals surface area (Å²) in [4.78, 5) is 4.51. The number of thiophene rings is 1. The second-order valence-electron chi connectivity index (χ2n) is 4.23. The predicted molar refractivity (Wildman–Crippen MR) is 86.1 cm³/mol. The highest BCUT2D eigenvalue weighted by Gasteiger charge is 2.10. The summed E-state index contributed by atoms with van der Waals surface area (Å²) in [5.41, 5.74) is 3.96. The van der Waals surface area contributed by atoms with Gasteiger partial charge in [0.25, 0.3) is 0 Å². The van der Waals surface area contributed by atoms with Gasteiger partial charge in [0, 0.05) is 18.0 Å².